The van der Waals surface area contributed by atoms with Crippen molar-refractivity contribution < 1.29 is 46.6 Å². The van der Waals surface area contributed by atoms with Gasteiger partial charge < -0.3 is 9.84 Å². The van der Waals surface area contributed by atoms with Gasteiger partial charge in [0.2, 0.25) is 11.8 Å². The number of alkyl halides is 3. The van der Waals surface area contributed by atoms with E-state index in [0.29, 0.717) is 17.2 Å². The van der Waals surface area contributed by atoms with Gasteiger partial charge in [-0.25, -0.2) is 14.3 Å². The molecule has 0 radical (unpaired) electrons. The topological polar surface area (TPSA) is 120 Å². The molecule has 0 bridgehead atoms. The summed E-state index contributed by atoms with van der Waals surface area (Å²) in [7, 11) is 2.56. The summed E-state index contributed by atoms with van der Waals surface area (Å²) >= 11 is 12.3. The summed E-state index contributed by atoms with van der Waals surface area (Å²) in [5.41, 5.74) is -1.60. The van der Waals surface area contributed by atoms with Gasteiger partial charge in [0, 0.05) is 13.0 Å². The molecular weight excluding hydrogens is 719 g/mol. The van der Waals surface area contributed by atoms with Gasteiger partial charge in [0.05, 0.1) is 46.0 Å². The smallest absolute Gasteiger partial charge is 0.433 e. The third-order valence-electron chi connectivity index (χ3n) is 10.7. The quantitative estimate of drug-likeness (QED) is 0.178. The van der Waals surface area contributed by atoms with Crippen LogP contribution in [0.2, 0.25) is 10.0 Å². The molecule has 4 aliphatic rings. The summed E-state index contributed by atoms with van der Waals surface area (Å²) in [6, 6.07) is 9.64. The molecule has 3 heterocycles. The Morgan fingerprint density at radius 3 is 2.37 bits per heavy atom. The standard InChI is InChI=1S/C35H28Cl2F4N4O6/c1-34-20(31(48)44(33(34)50)16-5-9-23(38)22(37)13-16)14-19-17(28(34)15-4-10-24(46)25(12-15)51-3)6-7-18-27(19)32(49)45(30(18)47)43(2)29-21(36)8-11-26(42-29)35(39,40)41/h4-6,8-13,18-20,27-28,46H,7,14H2,1-3H3. The highest BCUT2D eigenvalue weighted by atomic mass is 35.5. The van der Waals surface area contributed by atoms with Crippen LogP contribution in [0, 0.1) is 34.9 Å². The Kier molecular flexibility index (Phi) is 8.14. The van der Waals surface area contributed by atoms with E-state index in [1.165, 1.54) is 38.4 Å². The number of phenolic OH excluding ortho intramolecular Hbond substituents is 1. The van der Waals surface area contributed by atoms with E-state index >= 15 is 0 Å². The molecule has 1 N–H and O–H groups in total. The second-order valence-corrected chi connectivity index (χ2v) is 14.0. The highest BCUT2D eigenvalue weighted by Gasteiger charge is 2.68. The van der Waals surface area contributed by atoms with Crippen LogP contribution in [0.15, 0.2) is 60.2 Å². The first-order valence-electron chi connectivity index (χ1n) is 15.8. The molecule has 0 spiro atoms. The second kappa shape index (κ2) is 11.9. The van der Waals surface area contributed by atoms with Crippen molar-refractivity contribution in [2.24, 2.45) is 29.1 Å². The zero-order chi connectivity index (χ0) is 36.9. The number of nitrogens with zero attached hydrogens (tertiary/aromatic N) is 4. The number of fused-ring (bicyclic) bond motifs is 4. The molecule has 51 heavy (non-hydrogen) atoms. The molecule has 2 saturated heterocycles. The van der Waals surface area contributed by atoms with Crippen LogP contribution < -0.4 is 14.6 Å². The molecule has 266 valence electrons. The summed E-state index contributed by atoms with van der Waals surface area (Å²) in [6.07, 6.45) is -3.05. The lowest BCUT2D eigenvalue weighted by Gasteiger charge is -2.49. The van der Waals surface area contributed by atoms with Gasteiger partial charge in [0.1, 0.15) is 11.5 Å². The highest BCUT2D eigenvalue weighted by molar-refractivity contribution is 6.33. The third kappa shape index (κ3) is 5.08. The van der Waals surface area contributed by atoms with Gasteiger partial charge in [-0.2, -0.15) is 18.2 Å². The minimum atomic E-state index is -4.83. The number of allylic oxidation sites excluding steroid dienone is 2. The van der Waals surface area contributed by atoms with Crippen molar-refractivity contribution >= 4 is 58.3 Å². The fourth-order valence-electron chi connectivity index (χ4n) is 8.33. The highest BCUT2D eigenvalue weighted by Crippen LogP contribution is 2.64. The number of hydrogen-bond acceptors (Lipinski definition) is 8. The van der Waals surface area contributed by atoms with Gasteiger partial charge in [0.15, 0.2) is 17.3 Å². The van der Waals surface area contributed by atoms with E-state index in [1.807, 2.05) is 0 Å². The van der Waals surface area contributed by atoms with Crippen LogP contribution in [0.25, 0.3) is 0 Å². The summed E-state index contributed by atoms with van der Waals surface area (Å²) in [4.78, 5) is 61.7. The number of hydrogen-bond donors (Lipinski definition) is 1. The fraction of sp³-hybridized carbons (Fsp3) is 0.343. The third-order valence-corrected chi connectivity index (χ3v) is 11.3. The Labute approximate surface area is 298 Å². The van der Waals surface area contributed by atoms with Crippen LogP contribution in [-0.4, -0.2) is 52.9 Å². The molecule has 2 aromatic carbocycles. The van der Waals surface area contributed by atoms with Crippen LogP contribution in [0.3, 0.4) is 0 Å². The van der Waals surface area contributed by atoms with Crippen molar-refractivity contribution in [3.05, 3.63) is 87.3 Å². The minimum Gasteiger partial charge on any atom is -0.504 e. The lowest BCUT2D eigenvalue weighted by atomic mass is 9.51. The number of anilines is 2. The molecule has 4 amide bonds. The number of rotatable bonds is 5. The molecule has 3 fully saturated rings. The van der Waals surface area contributed by atoms with Gasteiger partial charge in [-0.3, -0.25) is 24.2 Å². The first kappa shape index (κ1) is 34.7. The summed E-state index contributed by atoms with van der Waals surface area (Å²) in [5.74, 6) is -8.65. The Morgan fingerprint density at radius 2 is 1.71 bits per heavy atom. The van der Waals surface area contributed by atoms with E-state index in [9.17, 15) is 41.8 Å². The Morgan fingerprint density at radius 1 is 0.980 bits per heavy atom. The van der Waals surface area contributed by atoms with Crippen LogP contribution >= 0.6 is 23.2 Å². The predicted molar refractivity (Wildman–Crippen MR) is 175 cm³/mol. The normalized spacial score (nSPS) is 27.3. The van der Waals surface area contributed by atoms with Gasteiger partial charge >= 0.3 is 6.18 Å². The molecule has 1 aromatic heterocycles. The first-order chi connectivity index (χ1) is 24.0. The SMILES string of the molecule is COc1cc(C2C3=CCC4C(=O)N(N(C)c5nc(C(F)(F)F)ccc5Cl)C(=O)C4C3CC3C(=O)N(c4ccc(F)c(Cl)c4)C(=O)C32C)ccc1O. The molecule has 6 unspecified atom stereocenters. The number of carbonyl (C=O) groups is 4. The van der Waals surface area contributed by atoms with E-state index in [1.54, 1.807) is 19.1 Å². The largest absolute Gasteiger partial charge is 0.504 e. The zero-order valence-electron chi connectivity index (χ0n) is 27.0. The zero-order valence-corrected chi connectivity index (χ0v) is 28.6. The molecular formula is C35H28Cl2F4N4O6. The number of ether oxygens (including phenoxy) is 1. The fourth-order valence-corrected chi connectivity index (χ4v) is 8.73. The van der Waals surface area contributed by atoms with Crippen LogP contribution in [0.4, 0.5) is 29.1 Å². The average molecular weight is 748 g/mol. The number of hydrazine groups is 1. The van der Waals surface area contributed by atoms with Crippen LogP contribution in [0.1, 0.15) is 36.9 Å². The number of phenols is 1. The number of methoxy groups -OCH3 is 1. The van der Waals surface area contributed by atoms with E-state index in [4.69, 9.17) is 27.9 Å². The number of benzene rings is 2. The number of carbonyl (C=O) groups excluding carboxylic acids is 4. The number of pyridine rings is 1. The lowest BCUT2D eigenvalue weighted by molar-refractivity contribution is -0.141. The Balaban J connectivity index is 1.33. The minimum absolute atomic E-state index is 0.0373. The Bertz CT molecular complexity index is 2080. The maximum atomic E-state index is 14.5. The molecule has 10 nitrogen and oxygen atoms in total. The molecule has 2 aliphatic carbocycles. The number of aromatic hydroxyl groups is 1. The number of amides is 4. The van der Waals surface area contributed by atoms with Crippen molar-refractivity contribution in [2.45, 2.75) is 31.9 Å². The number of halogens is 6. The van der Waals surface area contributed by atoms with Gasteiger partial charge in [-0.15, -0.1) is 0 Å². The summed E-state index contributed by atoms with van der Waals surface area (Å²) in [6.45, 7) is 1.64. The van der Waals surface area contributed by atoms with Crippen molar-refractivity contribution in [3.63, 3.8) is 0 Å². The molecule has 7 rings (SSSR count). The summed E-state index contributed by atoms with van der Waals surface area (Å²) < 4.78 is 60.2. The maximum absolute atomic E-state index is 14.5. The molecule has 1 saturated carbocycles. The van der Waals surface area contributed by atoms with Gasteiger partial charge in [0.25, 0.3) is 11.8 Å². The van der Waals surface area contributed by atoms with Crippen molar-refractivity contribution in [2.75, 3.05) is 24.1 Å². The predicted octanol–water partition coefficient (Wildman–Crippen LogP) is 6.54. The lowest BCUT2D eigenvalue weighted by Crippen LogP contribution is -2.49. The van der Waals surface area contributed by atoms with Crippen molar-refractivity contribution in [1.82, 2.24) is 9.99 Å². The first-order valence-corrected chi connectivity index (χ1v) is 16.5. The average Bonchev–Trinajstić information content (AvgIpc) is 3.45. The maximum Gasteiger partial charge on any atom is 0.433 e. The van der Waals surface area contributed by atoms with Crippen molar-refractivity contribution in [1.29, 1.82) is 0 Å². The van der Waals surface area contributed by atoms with E-state index in [0.717, 1.165) is 27.1 Å². The van der Waals surface area contributed by atoms with Gasteiger partial charge in [-0.05, 0) is 73.7 Å². The van der Waals surface area contributed by atoms with Crippen LogP contribution in [-0.2, 0) is 25.4 Å². The van der Waals surface area contributed by atoms with E-state index < -0.39 is 82.1 Å². The number of imide groups is 2. The molecule has 2 aliphatic heterocycles. The Hall–Kier alpha value is -4.69. The molecule has 6 atom stereocenters. The van der Waals surface area contributed by atoms with E-state index in [-0.39, 0.29) is 40.1 Å². The second-order valence-electron chi connectivity index (χ2n) is 13.2. The number of aromatic nitrogens is 1. The summed E-state index contributed by atoms with van der Waals surface area (Å²) in [5, 5.41) is 11.5. The monoisotopic (exact) mass is 746 g/mol. The molecule has 16 heteroatoms. The van der Waals surface area contributed by atoms with Crippen molar-refractivity contribution in [3.8, 4) is 11.5 Å². The van der Waals surface area contributed by atoms with E-state index in [2.05, 4.69) is 4.98 Å². The van der Waals surface area contributed by atoms with Crippen LogP contribution in [0.5, 0.6) is 11.5 Å². The van der Waals surface area contributed by atoms with Gasteiger partial charge in [-0.1, -0.05) is 40.9 Å². The molecule has 3 aromatic rings.